The lowest BCUT2D eigenvalue weighted by molar-refractivity contribution is 0.0854. The van der Waals surface area contributed by atoms with Crippen molar-refractivity contribution in [1.82, 2.24) is 4.98 Å². The van der Waals surface area contributed by atoms with E-state index < -0.39 is 5.60 Å². The highest BCUT2D eigenvalue weighted by molar-refractivity contribution is 7.81. The third kappa shape index (κ3) is 3.49. The highest BCUT2D eigenvalue weighted by Crippen LogP contribution is 2.30. The van der Waals surface area contributed by atoms with Gasteiger partial charge in [-0.2, -0.15) is 12.6 Å². The second-order valence-electron chi connectivity index (χ2n) is 4.87. The molecule has 1 rings (SSSR count). The molecule has 88 valence electrons. The fourth-order valence-electron chi connectivity index (χ4n) is 0.975. The monoisotopic (exact) mass is 241 g/mol. The van der Waals surface area contributed by atoms with Crippen LogP contribution >= 0.6 is 12.6 Å². The summed E-state index contributed by atoms with van der Waals surface area (Å²) in [5.41, 5.74) is 0.327. The molecule has 0 N–H and O–H groups in total. The average Bonchev–Trinajstić information content (AvgIpc) is 2.13. The van der Waals surface area contributed by atoms with Gasteiger partial charge in [0.2, 0.25) is 0 Å². The normalized spacial score (nSPS) is 12.6. The minimum atomic E-state index is -0.400. The number of thiol groups is 1. The molecular weight excluding hydrogens is 224 g/mol. The van der Waals surface area contributed by atoms with Gasteiger partial charge in [0, 0.05) is 10.9 Å². The first-order chi connectivity index (χ1) is 7.22. The van der Waals surface area contributed by atoms with Crippen molar-refractivity contribution in [2.75, 3.05) is 0 Å². The van der Waals surface area contributed by atoms with Crippen LogP contribution in [0.3, 0.4) is 0 Å². The minimum Gasteiger partial charge on any atom is -0.428 e. The number of halogens is 1. The predicted molar refractivity (Wildman–Crippen MR) is 69.2 cm³/mol. The van der Waals surface area contributed by atoms with Gasteiger partial charge in [-0.1, -0.05) is 0 Å². The van der Waals surface area contributed by atoms with Crippen molar-refractivity contribution >= 4 is 25.6 Å². The predicted octanol–water partition coefficient (Wildman–Crippen LogP) is 1.70. The highest BCUT2D eigenvalue weighted by atomic mass is 32.1. The Morgan fingerprint density at radius 3 is 2.44 bits per heavy atom. The molecule has 0 saturated carbocycles. The van der Waals surface area contributed by atoms with Gasteiger partial charge >= 0.3 is 7.48 Å². The number of aromatic nitrogens is 1. The van der Waals surface area contributed by atoms with Crippen molar-refractivity contribution in [3.05, 3.63) is 24.3 Å². The molecule has 0 radical (unpaired) electrons. The van der Waals surface area contributed by atoms with Crippen LogP contribution in [0.1, 0.15) is 27.7 Å². The molecule has 0 amide bonds. The Bertz CT molecular complexity index is 365. The SMILES string of the molecule is CC(C)(S)C(C)(C)OBc1cncc(F)c1. The van der Waals surface area contributed by atoms with Crippen LogP contribution in [0.5, 0.6) is 0 Å². The second-order valence-corrected chi connectivity index (χ2v) is 5.99. The molecule has 0 spiro atoms. The van der Waals surface area contributed by atoms with Crippen LogP contribution in [0.2, 0.25) is 0 Å². The topological polar surface area (TPSA) is 22.1 Å². The largest absolute Gasteiger partial charge is 0.428 e. The maximum atomic E-state index is 12.9. The summed E-state index contributed by atoms with van der Waals surface area (Å²) in [5.74, 6) is -0.343. The second kappa shape index (κ2) is 4.76. The fourth-order valence-corrected chi connectivity index (χ4v) is 1.04. The summed E-state index contributed by atoms with van der Waals surface area (Å²) in [6, 6.07) is 1.43. The molecule has 0 bridgehead atoms. The molecule has 0 atom stereocenters. The van der Waals surface area contributed by atoms with E-state index in [2.05, 4.69) is 17.6 Å². The molecule has 0 aliphatic rings. The zero-order chi connectivity index (χ0) is 12.4. The zero-order valence-electron chi connectivity index (χ0n) is 10.1. The standard InChI is InChI=1S/C11H17BFNOS/c1-10(2,11(3,4)16)15-12-8-5-9(13)7-14-6-8/h5-7,12,16H,1-4H3. The van der Waals surface area contributed by atoms with Crippen LogP contribution in [0.4, 0.5) is 4.39 Å². The molecule has 0 saturated heterocycles. The summed E-state index contributed by atoms with van der Waals surface area (Å²) < 4.78 is 18.4. The third-order valence-electron chi connectivity index (χ3n) is 2.83. The average molecular weight is 241 g/mol. The summed E-state index contributed by atoms with van der Waals surface area (Å²) in [6.07, 6.45) is 2.78. The van der Waals surface area contributed by atoms with E-state index in [0.29, 0.717) is 7.48 Å². The van der Waals surface area contributed by atoms with Gasteiger partial charge in [-0.3, -0.25) is 4.98 Å². The van der Waals surface area contributed by atoms with E-state index in [-0.39, 0.29) is 10.6 Å². The van der Waals surface area contributed by atoms with Gasteiger partial charge in [-0.25, -0.2) is 4.39 Å². The molecule has 2 nitrogen and oxygen atoms in total. The Hall–Kier alpha value is -0.545. The molecule has 0 fully saturated rings. The maximum absolute atomic E-state index is 12.9. The first kappa shape index (κ1) is 13.5. The van der Waals surface area contributed by atoms with Crippen molar-refractivity contribution in [2.45, 2.75) is 38.0 Å². The van der Waals surface area contributed by atoms with Crippen LogP contribution < -0.4 is 5.46 Å². The van der Waals surface area contributed by atoms with E-state index in [1.807, 2.05) is 27.7 Å². The minimum absolute atomic E-state index is 0.270. The molecular formula is C11H17BFNOS. The van der Waals surface area contributed by atoms with Crippen LogP contribution in [0.15, 0.2) is 18.5 Å². The Labute approximate surface area is 102 Å². The van der Waals surface area contributed by atoms with Crippen LogP contribution in [0.25, 0.3) is 0 Å². The van der Waals surface area contributed by atoms with Crippen molar-refractivity contribution < 1.29 is 9.04 Å². The number of nitrogens with zero attached hydrogens (tertiary/aromatic N) is 1. The van der Waals surface area contributed by atoms with Gasteiger partial charge in [0.05, 0.1) is 11.8 Å². The zero-order valence-corrected chi connectivity index (χ0v) is 11.0. The molecule has 1 aromatic heterocycles. The van der Waals surface area contributed by atoms with E-state index >= 15 is 0 Å². The van der Waals surface area contributed by atoms with Crippen molar-refractivity contribution in [2.24, 2.45) is 0 Å². The van der Waals surface area contributed by atoms with E-state index in [4.69, 9.17) is 4.65 Å². The Morgan fingerprint density at radius 1 is 1.31 bits per heavy atom. The van der Waals surface area contributed by atoms with Crippen molar-refractivity contribution in [1.29, 1.82) is 0 Å². The molecule has 0 aliphatic heterocycles. The first-order valence-electron chi connectivity index (χ1n) is 5.18. The summed E-state index contributed by atoms with van der Waals surface area (Å²) in [6.45, 7) is 7.90. The van der Waals surface area contributed by atoms with Crippen LogP contribution in [0, 0.1) is 5.82 Å². The Kier molecular flexibility index (Phi) is 4.02. The van der Waals surface area contributed by atoms with Crippen molar-refractivity contribution in [3.63, 3.8) is 0 Å². The molecule has 0 aliphatic carbocycles. The molecule has 0 unspecified atom stereocenters. The number of hydrogen-bond acceptors (Lipinski definition) is 3. The first-order valence-corrected chi connectivity index (χ1v) is 5.63. The molecule has 5 heteroatoms. The Balaban J connectivity index is 2.65. The fraction of sp³-hybridized carbons (Fsp3) is 0.545. The summed E-state index contributed by atoms with van der Waals surface area (Å²) in [7, 11) is 0.335. The van der Waals surface area contributed by atoms with Gasteiger partial charge in [0.1, 0.15) is 5.82 Å². The summed E-state index contributed by atoms with van der Waals surface area (Å²) >= 11 is 4.49. The third-order valence-corrected chi connectivity index (χ3v) is 3.37. The lowest BCUT2D eigenvalue weighted by atomic mass is 9.85. The summed E-state index contributed by atoms with van der Waals surface area (Å²) in [5, 5.41) is 0. The van der Waals surface area contributed by atoms with E-state index in [9.17, 15) is 4.39 Å². The van der Waals surface area contributed by atoms with Crippen molar-refractivity contribution in [3.8, 4) is 0 Å². The Morgan fingerprint density at radius 2 is 1.94 bits per heavy atom. The number of hydrogen-bond donors (Lipinski definition) is 1. The molecule has 1 aromatic rings. The smallest absolute Gasteiger partial charge is 0.311 e. The quantitative estimate of drug-likeness (QED) is 0.640. The molecule has 16 heavy (non-hydrogen) atoms. The number of rotatable bonds is 4. The lowest BCUT2D eigenvalue weighted by Gasteiger charge is -2.38. The van der Waals surface area contributed by atoms with E-state index in [1.54, 1.807) is 6.20 Å². The van der Waals surface area contributed by atoms with Gasteiger partial charge in [0.25, 0.3) is 0 Å². The van der Waals surface area contributed by atoms with Crippen LogP contribution in [-0.4, -0.2) is 22.8 Å². The molecule has 1 heterocycles. The van der Waals surface area contributed by atoms with E-state index in [0.717, 1.165) is 5.46 Å². The highest BCUT2D eigenvalue weighted by Gasteiger charge is 2.34. The lowest BCUT2D eigenvalue weighted by Crippen LogP contribution is -2.45. The van der Waals surface area contributed by atoms with Crippen LogP contribution in [-0.2, 0) is 4.65 Å². The van der Waals surface area contributed by atoms with Gasteiger partial charge < -0.3 is 4.65 Å². The number of pyridine rings is 1. The van der Waals surface area contributed by atoms with E-state index in [1.165, 1.54) is 12.3 Å². The van der Waals surface area contributed by atoms with Gasteiger partial charge in [0.15, 0.2) is 0 Å². The maximum Gasteiger partial charge on any atom is 0.311 e. The van der Waals surface area contributed by atoms with Gasteiger partial charge in [-0.15, -0.1) is 0 Å². The molecule has 0 aromatic carbocycles. The summed E-state index contributed by atoms with van der Waals surface area (Å²) in [4.78, 5) is 3.77. The van der Waals surface area contributed by atoms with Gasteiger partial charge in [-0.05, 0) is 39.2 Å².